The Bertz CT molecular complexity index is 1030. The van der Waals surface area contributed by atoms with Gasteiger partial charge in [0.2, 0.25) is 0 Å². The van der Waals surface area contributed by atoms with Crippen LogP contribution in [-0.2, 0) is 0 Å². The summed E-state index contributed by atoms with van der Waals surface area (Å²) in [6, 6.07) is 17.4. The third-order valence-corrected chi connectivity index (χ3v) is 3.92. The third-order valence-electron chi connectivity index (χ3n) is 3.92. The summed E-state index contributed by atoms with van der Waals surface area (Å²) in [6.45, 7) is 7.85. The van der Waals surface area contributed by atoms with Gasteiger partial charge in [-0.1, -0.05) is 74.5 Å². The Labute approximate surface area is 172 Å². The van der Waals surface area contributed by atoms with Gasteiger partial charge in [-0.2, -0.15) is 0 Å². The van der Waals surface area contributed by atoms with Crippen LogP contribution in [0.15, 0.2) is 77.6 Å². The number of aromatic nitrogens is 2. The lowest BCUT2D eigenvalue weighted by Crippen LogP contribution is -2.22. The summed E-state index contributed by atoms with van der Waals surface area (Å²) in [5.41, 5.74) is 2.50. The van der Waals surface area contributed by atoms with E-state index in [0.29, 0.717) is 23.9 Å². The van der Waals surface area contributed by atoms with Crippen LogP contribution >= 0.6 is 0 Å². The van der Waals surface area contributed by atoms with Gasteiger partial charge in [0.1, 0.15) is 5.82 Å². The Kier molecular flexibility index (Phi) is 10.7. The average molecular weight is 393 g/mol. The van der Waals surface area contributed by atoms with E-state index in [1.807, 2.05) is 113 Å². The minimum absolute atomic E-state index is 0.0653. The first-order valence-electron chi connectivity index (χ1n) is 9.66. The molecule has 3 nitrogen and oxygen atoms in total. The number of allylic oxidation sites excluding steroid dienone is 4. The van der Waals surface area contributed by atoms with Crippen LogP contribution < -0.4 is 5.56 Å². The summed E-state index contributed by atoms with van der Waals surface area (Å²) < 4.78 is 11.2. The molecule has 29 heavy (non-hydrogen) atoms. The molecule has 4 heteroatoms. The molecule has 0 unspecified atom stereocenters. The number of halogens is 1. The molecular weight excluding hydrogens is 363 g/mol. The second-order valence-corrected chi connectivity index (χ2v) is 5.59. The van der Waals surface area contributed by atoms with Gasteiger partial charge in [-0.25, -0.2) is 4.98 Å². The van der Waals surface area contributed by atoms with E-state index in [2.05, 4.69) is 0 Å². The highest BCUT2D eigenvalue weighted by Gasteiger charge is 2.10. The first-order chi connectivity index (χ1) is 14.2. The molecule has 0 aliphatic heterocycles. The molecule has 152 valence electrons. The Morgan fingerprint density at radius 3 is 2.17 bits per heavy atom. The van der Waals surface area contributed by atoms with E-state index in [9.17, 15) is 9.18 Å². The van der Waals surface area contributed by atoms with Crippen molar-refractivity contribution in [3.63, 3.8) is 0 Å². The van der Waals surface area contributed by atoms with Crippen LogP contribution in [0.25, 0.3) is 28.8 Å². The molecule has 0 radical (unpaired) electrons. The van der Waals surface area contributed by atoms with Crippen LogP contribution in [0.5, 0.6) is 0 Å². The van der Waals surface area contributed by atoms with Crippen molar-refractivity contribution in [1.29, 1.82) is 0 Å². The lowest BCUT2D eigenvalue weighted by atomic mass is 10.2. The SMILES string of the molecule is C/C=C\C(=C/C)n1c(/C=C/c2ccccc2)nc2ccccc2c1=O.CC.CF. The van der Waals surface area contributed by atoms with Crippen LogP contribution in [-0.4, -0.2) is 16.7 Å². The highest BCUT2D eigenvalue weighted by Crippen LogP contribution is 2.15. The number of nitrogens with zero attached hydrogens (tertiary/aromatic N) is 2. The molecular formula is C25H29FN2O. The summed E-state index contributed by atoms with van der Waals surface area (Å²) in [4.78, 5) is 17.8. The van der Waals surface area contributed by atoms with Crippen molar-refractivity contribution in [1.82, 2.24) is 9.55 Å². The van der Waals surface area contributed by atoms with Crippen molar-refractivity contribution in [3.05, 3.63) is 94.6 Å². The maximum Gasteiger partial charge on any atom is 0.266 e. The first kappa shape index (κ1) is 23.8. The molecule has 3 rings (SSSR count). The van der Waals surface area contributed by atoms with Crippen LogP contribution in [0.2, 0.25) is 0 Å². The highest BCUT2D eigenvalue weighted by molar-refractivity contribution is 5.81. The molecule has 0 N–H and O–H groups in total. The second kappa shape index (κ2) is 13.0. The fourth-order valence-corrected chi connectivity index (χ4v) is 2.72. The summed E-state index contributed by atoms with van der Waals surface area (Å²) in [5, 5.41) is 0.614. The summed E-state index contributed by atoms with van der Waals surface area (Å²) in [5.74, 6) is 0.610. The smallest absolute Gasteiger partial charge is 0.266 e. The van der Waals surface area contributed by atoms with Crippen LogP contribution in [0.1, 0.15) is 39.1 Å². The first-order valence-corrected chi connectivity index (χ1v) is 9.66. The van der Waals surface area contributed by atoms with Gasteiger partial charge in [0, 0.05) is 5.70 Å². The minimum atomic E-state index is -0.0653. The van der Waals surface area contributed by atoms with Gasteiger partial charge in [-0.05, 0) is 43.7 Å². The molecule has 0 spiro atoms. The highest BCUT2D eigenvalue weighted by atomic mass is 19.1. The minimum Gasteiger partial charge on any atom is -0.268 e. The molecule has 0 fully saturated rings. The molecule has 0 aliphatic carbocycles. The summed E-state index contributed by atoms with van der Waals surface area (Å²) in [6.07, 6.45) is 9.60. The van der Waals surface area contributed by atoms with Gasteiger partial charge in [0.15, 0.2) is 0 Å². The van der Waals surface area contributed by atoms with Gasteiger partial charge in [-0.15, -0.1) is 0 Å². The van der Waals surface area contributed by atoms with Crippen molar-refractivity contribution >= 4 is 28.8 Å². The van der Waals surface area contributed by atoms with Crippen LogP contribution in [0, 0.1) is 0 Å². The molecule has 0 saturated carbocycles. The number of hydrogen-bond donors (Lipinski definition) is 0. The van der Waals surface area contributed by atoms with Crippen molar-refractivity contribution in [2.45, 2.75) is 27.7 Å². The maximum absolute atomic E-state index is 13.1. The van der Waals surface area contributed by atoms with Crippen molar-refractivity contribution < 1.29 is 4.39 Å². The zero-order valence-electron chi connectivity index (χ0n) is 17.8. The maximum atomic E-state index is 13.1. The largest absolute Gasteiger partial charge is 0.268 e. The molecule has 1 aromatic heterocycles. The Morgan fingerprint density at radius 2 is 1.55 bits per heavy atom. The predicted octanol–water partition coefficient (Wildman–Crippen LogP) is 6.62. The fraction of sp³-hybridized carbons (Fsp3) is 0.200. The number of para-hydroxylation sites is 1. The monoisotopic (exact) mass is 392 g/mol. The number of benzene rings is 2. The second-order valence-electron chi connectivity index (χ2n) is 5.59. The number of rotatable bonds is 4. The van der Waals surface area contributed by atoms with Crippen molar-refractivity contribution in [2.75, 3.05) is 7.18 Å². The van der Waals surface area contributed by atoms with Crippen LogP contribution in [0.4, 0.5) is 4.39 Å². The predicted molar refractivity (Wildman–Crippen MR) is 125 cm³/mol. The topological polar surface area (TPSA) is 34.9 Å². The fourth-order valence-electron chi connectivity index (χ4n) is 2.72. The van der Waals surface area contributed by atoms with Gasteiger partial charge < -0.3 is 0 Å². The third kappa shape index (κ3) is 6.11. The summed E-state index contributed by atoms with van der Waals surface area (Å²) in [7, 11) is 0.500. The van der Waals surface area contributed by atoms with E-state index in [1.54, 1.807) is 4.57 Å². The number of alkyl halides is 1. The molecule has 0 atom stereocenters. The Hall–Kier alpha value is -3.27. The number of fused-ring (bicyclic) bond motifs is 1. The molecule has 0 aliphatic rings. The van der Waals surface area contributed by atoms with E-state index >= 15 is 0 Å². The van der Waals surface area contributed by atoms with E-state index in [0.717, 1.165) is 11.3 Å². The lowest BCUT2D eigenvalue weighted by molar-refractivity contribution is 0.636. The van der Waals surface area contributed by atoms with E-state index < -0.39 is 0 Å². The molecule has 0 saturated heterocycles. The van der Waals surface area contributed by atoms with Crippen LogP contribution in [0.3, 0.4) is 0 Å². The average Bonchev–Trinajstić information content (AvgIpc) is 2.80. The van der Waals surface area contributed by atoms with E-state index in [4.69, 9.17) is 4.98 Å². The molecule has 0 bridgehead atoms. The molecule has 0 amide bonds. The number of hydrogen-bond acceptors (Lipinski definition) is 2. The van der Waals surface area contributed by atoms with Crippen molar-refractivity contribution in [2.24, 2.45) is 0 Å². The van der Waals surface area contributed by atoms with E-state index in [-0.39, 0.29) is 5.56 Å². The Morgan fingerprint density at radius 1 is 0.931 bits per heavy atom. The Balaban J connectivity index is 0.000000989. The van der Waals surface area contributed by atoms with E-state index in [1.165, 1.54) is 0 Å². The van der Waals surface area contributed by atoms with Crippen molar-refractivity contribution in [3.8, 4) is 0 Å². The zero-order valence-corrected chi connectivity index (χ0v) is 17.8. The van der Waals surface area contributed by atoms with Gasteiger partial charge in [0.25, 0.3) is 5.56 Å². The molecule has 3 aromatic rings. The standard InChI is InChI=1S/C22H20N2O.C2H6.CH3F/c1-3-10-18(4-2)24-21(16-15-17-11-6-5-7-12-17)23-20-14-9-8-13-19(20)22(24)25;2*1-2/h3-16H,1-2H3;1-2H3;1H3/b10-3-,16-15+,18-4+;;. The quantitative estimate of drug-likeness (QED) is 0.468. The normalized spacial score (nSPS) is 11.2. The molecule has 1 heterocycles. The van der Waals surface area contributed by atoms with Gasteiger partial charge >= 0.3 is 0 Å². The lowest BCUT2D eigenvalue weighted by Gasteiger charge is -2.12. The molecule has 2 aromatic carbocycles. The van der Waals surface area contributed by atoms with Gasteiger partial charge in [0.05, 0.1) is 18.1 Å². The van der Waals surface area contributed by atoms with Gasteiger partial charge in [-0.3, -0.25) is 13.8 Å². The summed E-state index contributed by atoms with van der Waals surface area (Å²) >= 11 is 0. The zero-order chi connectivity index (χ0) is 21.6.